The van der Waals surface area contributed by atoms with Crippen molar-refractivity contribution < 1.29 is 0 Å². The van der Waals surface area contributed by atoms with Crippen molar-refractivity contribution >= 4 is 28.7 Å². The Morgan fingerprint density at radius 3 is 3.00 bits per heavy atom. The topological polar surface area (TPSA) is 24.1 Å². The standard InChI is InChI=1S/C9H14N2S2/c1-2-10-9(12)11-5-3-8-4-6-13-7-8/h4,6-7H,2-3,5H2,1H3,(H2,10,11,12). The summed E-state index contributed by atoms with van der Waals surface area (Å²) in [6.07, 6.45) is 1.04. The van der Waals surface area contributed by atoms with Crippen LogP contribution >= 0.6 is 23.6 Å². The van der Waals surface area contributed by atoms with Crippen molar-refractivity contribution in [3.8, 4) is 0 Å². The van der Waals surface area contributed by atoms with Crippen LogP contribution in [0.1, 0.15) is 12.5 Å². The smallest absolute Gasteiger partial charge is 0.166 e. The van der Waals surface area contributed by atoms with Crippen LogP contribution < -0.4 is 10.6 Å². The molecule has 0 saturated carbocycles. The van der Waals surface area contributed by atoms with Crippen molar-refractivity contribution in [3.05, 3.63) is 22.4 Å². The molecule has 1 aromatic heterocycles. The molecule has 0 unspecified atom stereocenters. The van der Waals surface area contributed by atoms with E-state index in [-0.39, 0.29) is 0 Å². The average molecular weight is 214 g/mol. The monoisotopic (exact) mass is 214 g/mol. The molecular formula is C9H14N2S2. The lowest BCUT2D eigenvalue weighted by Gasteiger charge is -2.07. The number of thiocarbonyl (C=S) groups is 1. The summed E-state index contributed by atoms with van der Waals surface area (Å²) < 4.78 is 0. The molecule has 1 rings (SSSR count). The van der Waals surface area contributed by atoms with Crippen molar-refractivity contribution in [2.45, 2.75) is 13.3 Å². The van der Waals surface area contributed by atoms with E-state index in [1.165, 1.54) is 5.56 Å². The van der Waals surface area contributed by atoms with Crippen LogP contribution in [0.5, 0.6) is 0 Å². The van der Waals surface area contributed by atoms with Gasteiger partial charge in [-0.3, -0.25) is 0 Å². The van der Waals surface area contributed by atoms with Gasteiger partial charge in [0.25, 0.3) is 0 Å². The molecule has 0 fully saturated rings. The highest BCUT2D eigenvalue weighted by Gasteiger charge is 1.94. The first kappa shape index (κ1) is 10.5. The van der Waals surface area contributed by atoms with Crippen LogP contribution in [0.4, 0.5) is 0 Å². The largest absolute Gasteiger partial charge is 0.363 e. The third kappa shape index (κ3) is 4.24. The summed E-state index contributed by atoms with van der Waals surface area (Å²) in [5, 5.41) is 11.2. The molecule has 0 bridgehead atoms. The second kappa shape index (κ2) is 5.94. The van der Waals surface area contributed by atoms with Gasteiger partial charge >= 0.3 is 0 Å². The van der Waals surface area contributed by atoms with E-state index < -0.39 is 0 Å². The molecule has 0 aliphatic heterocycles. The number of hydrogen-bond donors (Lipinski definition) is 2. The Hall–Kier alpha value is -0.610. The van der Waals surface area contributed by atoms with Gasteiger partial charge in [-0.1, -0.05) is 0 Å². The summed E-state index contributed by atoms with van der Waals surface area (Å²) >= 11 is 6.76. The molecule has 1 aromatic rings. The van der Waals surface area contributed by atoms with Crippen LogP contribution in [0, 0.1) is 0 Å². The van der Waals surface area contributed by atoms with Crippen LogP contribution in [0.3, 0.4) is 0 Å². The molecule has 13 heavy (non-hydrogen) atoms. The van der Waals surface area contributed by atoms with Crippen molar-refractivity contribution in [2.24, 2.45) is 0 Å². The third-order valence-electron chi connectivity index (χ3n) is 1.62. The Kier molecular flexibility index (Phi) is 4.78. The fourth-order valence-electron chi connectivity index (χ4n) is 0.978. The Balaban J connectivity index is 2.11. The lowest BCUT2D eigenvalue weighted by atomic mass is 10.2. The van der Waals surface area contributed by atoms with Crippen LogP contribution in [0.2, 0.25) is 0 Å². The van der Waals surface area contributed by atoms with Gasteiger partial charge in [-0.15, -0.1) is 0 Å². The summed E-state index contributed by atoms with van der Waals surface area (Å²) in [7, 11) is 0. The summed E-state index contributed by atoms with van der Waals surface area (Å²) in [5.41, 5.74) is 1.37. The van der Waals surface area contributed by atoms with Gasteiger partial charge in [-0.05, 0) is 48.0 Å². The van der Waals surface area contributed by atoms with Crippen molar-refractivity contribution in [1.29, 1.82) is 0 Å². The van der Waals surface area contributed by atoms with E-state index in [1.807, 2.05) is 6.92 Å². The van der Waals surface area contributed by atoms with Gasteiger partial charge in [0.1, 0.15) is 0 Å². The predicted molar refractivity (Wildman–Crippen MR) is 62.3 cm³/mol. The van der Waals surface area contributed by atoms with E-state index in [0.717, 1.165) is 24.6 Å². The van der Waals surface area contributed by atoms with Crippen LogP contribution in [0.25, 0.3) is 0 Å². The Labute approximate surface area is 88.4 Å². The molecule has 2 nitrogen and oxygen atoms in total. The second-order valence-corrected chi connectivity index (χ2v) is 3.86. The van der Waals surface area contributed by atoms with Gasteiger partial charge in [0.2, 0.25) is 0 Å². The molecule has 0 aliphatic rings. The van der Waals surface area contributed by atoms with E-state index in [2.05, 4.69) is 27.5 Å². The highest BCUT2D eigenvalue weighted by molar-refractivity contribution is 7.80. The van der Waals surface area contributed by atoms with Gasteiger partial charge < -0.3 is 10.6 Å². The minimum atomic E-state index is 0.748. The summed E-state index contributed by atoms with van der Waals surface area (Å²) in [6.45, 7) is 3.82. The molecule has 4 heteroatoms. The number of rotatable bonds is 4. The average Bonchev–Trinajstić information content (AvgIpc) is 2.57. The molecule has 0 spiro atoms. The normalized spacial score (nSPS) is 9.62. The minimum absolute atomic E-state index is 0.748. The first-order valence-electron chi connectivity index (χ1n) is 4.35. The van der Waals surface area contributed by atoms with E-state index in [1.54, 1.807) is 11.3 Å². The first-order chi connectivity index (χ1) is 6.33. The summed E-state index contributed by atoms with van der Waals surface area (Å²) in [4.78, 5) is 0. The van der Waals surface area contributed by atoms with Crippen LogP contribution in [0.15, 0.2) is 16.8 Å². The second-order valence-electron chi connectivity index (χ2n) is 2.67. The Morgan fingerprint density at radius 1 is 1.54 bits per heavy atom. The maximum atomic E-state index is 5.03. The van der Waals surface area contributed by atoms with E-state index >= 15 is 0 Å². The molecular weight excluding hydrogens is 200 g/mol. The highest BCUT2D eigenvalue weighted by Crippen LogP contribution is 2.05. The van der Waals surface area contributed by atoms with Crippen LogP contribution in [-0.2, 0) is 6.42 Å². The van der Waals surface area contributed by atoms with E-state index in [4.69, 9.17) is 12.2 Å². The zero-order valence-electron chi connectivity index (χ0n) is 7.67. The Morgan fingerprint density at radius 2 is 2.38 bits per heavy atom. The number of thiophene rings is 1. The fourth-order valence-corrected chi connectivity index (χ4v) is 1.93. The van der Waals surface area contributed by atoms with Gasteiger partial charge in [-0.25, -0.2) is 0 Å². The summed E-state index contributed by atoms with van der Waals surface area (Å²) in [5.74, 6) is 0. The molecule has 0 radical (unpaired) electrons. The third-order valence-corrected chi connectivity index (χ3v) is 2.64. The SMILES string of the molecule is CCNC(=S)NCCc1ccsc1. The quantitative estimate of drug-likeness (QED) is 0.747. The van der Waals surface area contributed by atoms with Crippen molar-refractivity contribution in [2.75, 3.05) is 13.1 Å². The van der Waals surface area contributed by atoms with E-state index in [9.17, 15) is 0 Å². The fraction of sp³-hybridized carbons (Fsp3) is 0.444. The molecule has 0 aliphatic carbocycles. The molecule has 0 aromatic carbocycles. The maximum Gasteiger partial charge on any atom is 0.166 e. The van der Waals surface area contributed by atoms with Gasteiger partial charge in [0.15, 0.2) is 5.11 Å². The van der Waals surface area contributed by atoms with Gasteiger partial charge in [-0.2, -0.15) is 11.3 Å². The highest BCUT2D eigenvalue weighted by atomic mass is 32.1. The summed E-state index contributed by atoms with van der Waals surface area (Å²) in [6, 6.07) is 2.14. The van der Waals surface area contributed by atoms with Gasteiger partial charge in [0.05, 0.1) is 0 Å². The molecule has 72 valence electrons. The molecule has 0 amide bonds. The lowest BCUT2D eigenvalue weighted by Crippen LogP contribution is -2.36. The first-order valence-corrected chi connectivity index (χ1v) is 5.71. The van der Waals surface area contributed by atoms with Crippen molar-refractivity contribution in [3.63, 3.8) is 0 Å². The minimum Gasteiger partial charge on any atom is -0.363 e. The predicted octanol–water partition coefficient (Wildman–Crippen LogP) is 1.77. The van der Waals surface area contributed by atoms with E-state index in [0.29, 0.717) is 0 Å². The number of nitrogens with one attached hydrogen (secondary N) is 2. The van der Waals surface area contributed by atoms with Crippen molar-refractivity contribution in [1.82, 2.24) is 10.6 Å². The van der Waals surface area contributed by atoms with Gasteiger partial charge in [0, 0.05) is 13.1 Å². The molecule has 0 saturated heterocycles. The Bertz CT molecular complexity index is 244. The molecule has 1 heterocycles. The zero-order chi connectivity index (χ0) is 9.52. The molecule has 0 atom stereocenters. The molecule has 2 N–H and O–H groups in total. The lowest BCUT2D eigenvalue weighted by molar-refractivity contribution is 0.831. The zero-order valence-corrected chi connectivity index (χ0v) is 9.30. The number of hydrogen-bond acceptors (Lipinski definition) is 2. The van der Waals surface area contributed by atoms with Crippen LogP contribution in [-0.4, -0.2) is 18.2 Å². The maximum absolute atomic E-state index is 5.03.